The minimum absolute atomic E-state index is 0.0373. The van der Waals surface area contributed by atoms with Gasteiger partial charge in [0.15, 0.2) is 11.6 Å². The monoisotopic (exact) mass is 586 g/mol. The molecule has 5 nitrogen and oxygen atoms in total. The highest BCUT2D eigenvalue weighted by Crippen LogP contribution is 2.75. The van der Waals surface area contributed by atoms with Crippen molar-refractivity contribution in [2.75, 3.05) is 13.1 Å². The van der Waals surface area contributed by atoms with Crippen LogP contribution < -0.4 is 0 Å². The van der Waals surface area contributed by atoms with E-state index in [1.54, 1.807) is 0 Å². The third-order valence-corrected chi connectivity index (χ3v) is 14.6. The van der Waals surface area contributed by atoms with Crippen LogP contribution >= 0.6 is 0 Å². The maximum absolute atomic E-state index is 14.7. The molecule has 0 radical (unpaired) electrons. The van der Waals surface area contributed by atoms with Crippen molar-refractivity contribution in [1.82, 2.24) is 4.90 Å². The number of likely N-dealkylation sites (tertiary alicyclic amines) is 1. The highest BCUT2D eigenvalue weighted by Gasteiger charge is 2.69. The zero-order valence-corrected chi connectivity index (χ0v) is 28.1. The lowest BCUT2D eigenvalue weighted by Gasteiger charge is -2.69. The fourth-order valence-corrected chi connectivity index (χ4v) is 11.8. The van der Waals surface area contributed by atoms with Crippen LogP contribution in [0.4, 0.5) is 0 Å². The first kappa shape index (κ1) is 30.8. The number of carbonyl (C=O) groups is 3. The van der Waals surface area contributed by atoms with Crippen molar-refractivity contribution in [2.24, 2.45) is 56.2 Å². The molecule has 6 aliphatic rings. The topological polar surface area (TPSA) is 58.8 Å². The summed E-state index contributed by atoms with van der Waals surface area (Å²) in [5.41, 5.74) is 0.105. The van der Waals surface area contributed by atoms with Crippen LogP contribution in [-0.2, 0) is 14.4 Å². The van der Waals surface area contributed by atoms with Gasteiger partial charge in [-0.2, -0.15) is 0 Å². The van der Waals surface area contributed by atoms with Crippen molar-refractivity contribution in [3.63, 3.8) is 0 Å². The Bertz CT molecular complexity index is 1360. The molecule has 43 heavy (non-hydrogen) atoms. The summed E-state index contributed by atoms with van der Waals surface area (Å²) in [5.74, 6) is 1.39. The molecule has 1 aliphatic heterocycles. The Morgan fingerprint density at radius 2 is 1.70 bits per heavy atom. The Morgan fingerprint density at radius 3 is 2.35 bits per heavy atom. The molecular formula is C38H54N2O3. The van der Waals surface area contributed by atoms with Gasteiger partial charge in [0.2, 0.25) is 11.6 Å². The molecule has 0 aromatic rings. The fourth-order valence-electron chi connectivity index (χ4n) is 11.8. The number of Topliss-reactive ketones (excluding diaryl/α,β-unsaturated/α-hetero) is 1. The van der Waals surface area contributed by atoms with Crippen molar-refractivity contribution >= 4 is 17.5 Å². The maximum Gasteiger partial charge on any atom is 0.226 e. The average molecular weight is 587 g/mol. The summed E-state index contributed by atoms with van der Waals surface area (Å²) >= 11 is 0. The standard InChI is InChI=1S/C38H54N2O3/c1-24-12-19-40(23-24)30(42)11-14-38-17-15-33(2,3)21-25(38)31-27(41)20-29-35(6)22-26(39-9)32(43)34(4,5)28(35)10-13-36(29,7)37(31,8)16-18-38/h20,22,24-25,28,31H,10-19,21,23H2,1-8H3/t24-,25-,28-,31-,35-,36+,37+,38+/m0/s1. The van der Waals surface area contributed by atoms with E-state index in [9.17, 15) is 14.4 Å². The number of hydrogen-bond donors (Lipinski definition) is 0. The predicted molar refractivity (Wildman–Crippen MR) is 169 cm³/mol. The van der Waals surface area contributed by atoms with Gasteiger partial charge in [-0.15, -0.1) is 0 Å². The zero-order valence-electron chi connectivity index (χ0n) is 28.1. The lowest BCUT2D eigenvalue weighted by molar-refractivity contribution is -0.173. The van der Waals surface area contributed by atoms with Crippen molar-refractivity contribution in [2.45, 2.75) is 120 Å². The zero-order chi connectivity index (χ0) is 31.4. The molecule has 0 N–H and O–H groups in total. The summed E-state index contributed by atoms with van der Waals surface area (Å²) in [6.45, 7) is 27.6. The molecule has 234 valence electrons. The molecule has 5 heteroatoms. The molecule has 1 amide bonds. The Hall–Kier alpha value is -2.22. The minimum Gasteiger partial charge on any atom is -0.342 e. The number of carbonyl (C=O) groups excluding carboxylic acids is 3. The highest BCUT2D eigenvalue weighted by atomic mass is 16.2. The molecule has 0 spiro atoms. The van der Waals surface area contributed by atoms with E-state index >= 15 is 0 Å². The summed E-state index contributed by atoms with van der Waals surface area (Å²) < 4.78 is 0. The van der Waals surface area contributed by atoms with Gasteiger partial charge in [-0.05, 0) is 103 Å². The summed E-state index contributed by atoms with van der Waals surface area (Å²) in [6.07, 6.45) is 13.8. The molecule has 1 saturated heterocycles. The van der Waals surface area contributed by atoms with E-state index in [0.29, 0.717) is 18.2 Å². The second-order valence-electron chi connectivity index (χ2n) is 17.8. The molecule has 8 atom stereocenters. The number of amides is 1. The molecule has 1 heterocycles. The van der Waals surface area contributed by atoms with Crippen LogP contribution in [0.15, 0.2) is 23.4 Å². The van der Waals surface area contributed by atoms with Gasteiger partial charge in [0.05, 0.1) is 6.57 Å². The number of fused-ring (bicyclic) bond motifs is 7. The van der Waals surface area contributed by atoms with Gasteiger partial charge in [0, 0.05) is 36.3 Å². The average Bonchev–Trinajstić information content (AvgIpc) is 3.37. The third kappa shape index (κ3) is 4.24. The van der Waals surface area contributed by atoms with Gasteiger partial charge in [0.25, 0.3) is 0 Å². The van der Waals surface area contributed by atoms with E-state index in [0.717, 1.165) is 70.9 Å². The molecular weight excluding hydrogens is 532 g/mol. The summed E-state index contributed by atoms with van der Waals surface area (Å²) in [6, 6.07) is 0. The van der Waals surface area contributed by atoms with Gasteiger partial charge in [-0.3, -0.25) is 9.59 Å². The summed E-state index contributed by atoms with van der Waals surface area (Å²) in [5, 5.41) is 0. The first-order valence-electron chi connectivity index (χ1n) is 17.1. The lowest BCUT2D eigenvalue weighted by Crippen LogP contribution is -2.64. The van der Waals surface area contributed by atoms with Crippen molar-refractivity contribution in [3.05, 3.63) is 34.8 Å². The molecule has 6 rings (SSSR count). The normalized spacial score (nSPS) is 44.7. The second kappa shape index (κ2) is 9.64. The number of nitrogens with zero attached hydrogens (tertiary/aromatic N) is 2. The van der Waals surface area contributed by atoms with Gasteiger partial charge < -0.3 is 9.69 Å². The summed E-state index contributed by atoms with van der Waals surface area (Å²) in [7, 11) is 0. The predicted octanol–water partition coefficient (Wildman–Crippen LogP) is 8.21. The van der Waals surface area contributed by atoms with Crippen LogP contribution in [0.25, 0.3) is 4.85 Å². The molecule has 0 bridgehead atoms. The Morgan fingerprint density at radius 1 is 1.00 bits per heavy atom. The smallest absolute Gasteiger partial charge is 0.226 e. The fraction of sp³-hybridized carbons (Fsp3) is 0.789. The van der Waals surface area contributed by atoms with E-state index in [1.165, 1.54) is 5.57 Å². The largest absolute Gasteiger partial charge is 0.342 e. The molecule has 0 aromatic carbocycles. The van der Waals surface area contributed by atoms with E-state index in [-0.39, 0.29) is 56.7 Å². The molecule has 0 aromatic heterocycles. The van der Waals surface area contributed by atoms with E-state index in [2.05, 4.69) is 51.3 Å². The van der Waals surface area contributed by atoms with Crippen LogP contribution in [0.1, 0.15) is 120 Å². The second-order valence-corrected chi connectivity index (χ2v) is 17.8. The number of allylic oxidation sites excluding steroid dienone is 4. The van der Waals surface area contributed by atoms with Crippen LogP contribution in [0.5, 0.6) is 0 Å². The van der Waals surface area contributed by atoms with E-state index < -0.39 is 10.8 Å². The highest BCUT2D eigenvalue weighted by molar-refractivity contribution is 6.03. The number of hydrogen-bond acceptors (Lipinski definition) is 3. The van der Waals surface area contributed by atoms with Crippen molar-refractivity contribution < 1.29 is 14.4 Å². The minimum atomic E-state index is -0.638. The molecule has 3 saturated carbocycles. The molecule has 0 unspecified atom stereocenters. The maximum atomic E-state index is 14.7. The Kier molecular flexibility index (Phi) is 6.90. The van der Waals surface area contributed by atoms with Gasteiger partial charge in [0.1, 0.15) is 0 Å². The Labute approximate surface area is 260 Å². The Balaban J connectivity index is 1.40. The first-order chi connectivity index (χ1) is 19.9. The van der Waals surface area contributed by atoms with Crippen LogP contribution in [0.2, 0.25) is 0 Å². The van der Waals surface area contributed by atoms with Gasteiger partial charge >= 0.3 is 0 Å². The third-order valence-electron chi connectivity index (χ3n) is 14.6. The number of ketones is 2. The van der Waals surface area contributed by atoms with Crippen LogP contribution in [-0.4, -0.2) is 35.5 Å². The van der Waals surface area contributed by atoms with Crippen LogP contribution in [0.3, 0.4) is 0 Å². The molecule has 4 fully saturated rings. The van der Waals surface area contributed by atoms with Crippen molar-refractivity contribution in [1.29, 1.82) is 0 Å². The summed E-state index contributed by atoms with van der Waals surface area (Å²) in [4.78, 5) is 47.2. The lowest BCUT2D eigenvalue weighted by atomic mass is 9.34. The van der Waals surface area contributed by atoms with Crippen LogP contribution in [0, 0.1) is 62.7 Å². The molecule has 5 aliphatic carbocycles. The van der Waals surface area contributed by atoms with E-state index in [4.69, 9.17) is 6.57 Å². The van der Waals surface area contributed by atoms with Gasteiger partial charge in [-0.1, -0.05) is 67.0 Å². The van der Waals surface area contributed by atoms with E-state index in [1.807, 2.05) is 26.0 Å². The quantitative estimate of drug-likeness (QED) is 0.313. The SMILES string of the molecule is [C-]#[N+]C1=C[C@]2(C)C3=CC(=O)[C@@H]4[C@@H]5CC(C)(C)CC[C@]5(CCC(=O)N5CC[C@H](C)C5)CC[C@@]4(C)[C@]3(C)CC[C@H]2C(C)(C)C1=O. The first-order valence-corrected chi connectivity index (χ1v) is 17.1. The van der Waals surface area contributed by atoms with Crippen molar-refractivity contribution in [3.8, 4) is 0 Å². The van der Waals surface area contributed by atoms with Gasteiger partial charge in [-0.25, -0.2) is 4.85 Å². The number of rotatable bonds is 3.